The summed E-state index contributed by atoms with van der Waals surface area (Å²) in [5.41, 5.74) is 2.10. The van der Waals surface area contributed by atoms with Crippen molar-refractivity contribution in [3.63, 3.8) is 0 Å². The molecule has 0 amide bonds. The Labute approximate surface area is 116 Å². The zero-order valence-corrected chi connectivity index (χ0v) is 12.2. The molecule has 0 saturated heterocycles. The average Bonchev–Trinajstić information content (AvgIpc) is 2.91. The van der Waals surface area contributed by atoms with E-state index in [4.69, 9.17) is 13.6 Å². The van der Waals surface area contributed by atoms with Crippen molar-refractivity contribution in [2.45, 2.75) is 27.4 Å². The van der Waals surface area contributed by atoms with Crippen LogP contribution in [-0.2, 0) is 16.1 Å². The molecule has 0 bridgehead atoms. The molecular formula is C14H17NO5. The van der Waals surface area contributed by atoms with Crippen molar-refractivity contribution in [1.29, 1.82) is 0 Å². The van der Waals surface area contributed by atoms with Gasteiger partial charge in [0.05, 0.1) is 19.3 Å². The number of nitrogens with zero attached hydrogens (tertiary/aromatic N) is 1. The summed E-state index contributed by atoms with van der Waals surface area (Å²) in [6.45, 7) is 5.78. The SMILES string of the molecule is COCc1nc(-c2c(C)oc(C)c2C)oc1C(=O)OC. The molecule has 0 aromatic carbocycles. The van der Waals surface area contributed by atoms with E-state index in [1.54, 1.807) is 0 Å². The second-order valence-corrected chi connectivity index (χ2v) is 4.43. The maximum absolute atomic E-state index is 11.7. The molecule has 2 aromatic heterocycles. The number of ether oxygens (including phenoxy) is 2. The van der Waals surface area contributed by atoms with Crippen LogP contribution < -0.4 is 0 Å². The third-order valence-corrected chi connectivity index (χ3v) is 3.12. The maximum atomic E-state index is 11.7. The first-order valence-corrected chi connectivity index (χ1v) is 6.13. The lowest BCUT2D eigenvalue weighted by molar-refractivity contribution is 0.0559. The summed E-state index contributed by atoms with van der Waals surface area (Å²) < 4.78 is 20.8. The van der Waals surface area contributed by atoms with E-state index in [2.05, 4.69) is 9.72 Å². The normalized spacial score (nSPS) is 10.8. The number of carbonyl (C=O) groups is 1. The fourth-order valence-electron chi connectivity index (χ4n) is 2.05. The minimum Gasteiger partial charge on any atom is -0.466 e. The number of methoxy groups -OCH3 is 2. The molecule has 0 spiro atoms. The topological polar surface area (TPSA) is 74.7 Å². The highest BCUT2D eigenvalue weighted by atomic mass is 16.5. The molecule has 2 heterocycles. The van der Waals surface area contributed by atoms with Crippen LogP contribution in [0.2, 0.25) is 0 Å². The number of carbonyl (C=O) groups excluding carboxylic acids is 1. The van der Waals surface area contributed by atoms with Crippen molar-refractivity contribution >= 4 is 5.97 Å². The van der Waals surface area contributed by atoms with Gasteiger partial charge >= 0.3 is 5.97 Å². The van der Waals surface area contributed by atoms with E-state index in [1.165, 1.54) is 14.2 Å². The van der Waals surface area contributed by atoms with Gasteiger partial charge in [0.2, 0.25) is 11.7 Å². The summed E-state index contributed by atoms with van der Waals surface area (Å²) >= 11 is 0. The largest absolute Gasteiger partial charge is 0.466 e. The van der Waals surface area contributed by atoms with Gasteiger partial charge in [-0.3, -0.25) is 0 Å². The number of rotatable bonds is 4. The van der Waals surface area contributed by atoms with E-state index in [0.29, 0.717) is 17.3 Å². The molecule has 108 valence electrons. The Morgan fingerprint density at radius 1 is 1.15 bits per heavy atom. The summed E-state index contributed by atoms with van der Waals surface area (Å²) in [6, 6.07) is 0. The van der Waals surface area contributed by atoms with Crippen molar-refractivity contribution in [2.75, 3.05) is 14.2 Å². The van der Waals surface area contributed by atoms with Gasteiger partial charge in [-0.15, -0.1) is 0 Å². The number of furan rings is 1. The molecule has 6 heteroatoms. The molecule has 0 atom stereocenters. The molecule has 0 aliphatic carbocycles. The van der Waals surface area contributed by atoms with Crippen LogP contribution in [0.15, 0.2) is 8.83 Å². The smallest absolute Gasteiger partial charge is 0.376 e. The van der Waals surface area contributed by atoms with Gasteiger partial charge < -0.3 is 18.3 Å². The zero-order chi connectivity index (χ0) is 14.9. The van der Waals surface area contributed by atoms with Gasteiger partial charge in [-0.1, -0.05) is 0 Å². The van der Waals surface area contributed by atoms with E-state index in [9.17, 15) is 4.79 Å². The Hall–Kier alpha value is -2.08. The zero-order valence-electron chi connectivity index (χ0n) is 12.2. The molecule has 6 nitrogen and oxygen atoms in total. The van der Waals surface area contributed by atoms with Gasteiger partial charge in [-0.2, -0.15) is 0 Å². The van der Waals surface area contributed by atoms with E-state index < -0.39 is 5.97 Å². The van der Waals surface area contributed by atoms with Crippen molar-refractivity contribution in [2.24, 2.45) is 0 Å². The lowest BCUT2D eigenvalue weighted by Gasteiger charge is -1.96. The molecule has 20 heavy (non-hydrogen) atoms. The quantitative estimate of drug-likeness (QED) is 0.801. The summed E-state index contributed by atoms with van der Waals surface area (Å²) in [5.74, 6) is 1.31. The van der Waals surface area contributed by atoms with Crippen LogP contribution in [-0.4, -0.2) is 25.2 Å². The Morgan fingerprint density at radius 3 is 2.35 bits per heavy atom. The minimum atomic E-state index is -0.577. The van der Waals surface area contributed by atoms with E-state index in [0.717, 1.165) is 16.9 Å². The predicted molar refractivity (Wildman–Crippen MR) is 70.5 cm³/mol. The molecule has 0 unspecified atom stereocenters. The molecule has 0 fully saturated rings. The van der Waals surface area contributed by atoms with Gasteiger partial charge in [0.25, 0.3) is 0 Å². The number of oxazole rings is 1. The molecule has 0 N–H and O–H groups in total. The van der Waals surface area contributed by atoms with Crippen LogP contribution in [0.4, 0.5) is 0 Å². The van der Waals surface area contributed by atoms with Gasteiger partial charge in [0, 0.05) is 12.7 Å². The Balaban J connectivity index is 2.55. The number of esters is 1. The molecule has 0 radical (unpaired) electrons. The number of hydrogen-bond donors (Lipinski definition) is 0. The van der Waals surface area contributed by atoms with Crippen LogP contribution >= 0.6 is 0 Å². The molecular weight excluding hydrogens is 262 g/mol. The average molecular weight is 279 g/mol. The standard InChI is InChI=1S/C14H17NO5/c1-7-8(2)19-9(3)11(7)13-15-10(6-17-4)12(20-13)14(16)18-5/h6H2,1-5H3. The third-order valence-electron chi connectivity index (χ3n) is 3.12. The molecule has 0 aliphatic rings. The highest BCUT2D eigenvalue weighted by Gasteiger charge is 2.25. The van der Waals surface area contributed by atoms with Gasteiger partial charge in [-0.05, 0) is 20.8 Å². The second kappa shape index (κ2) is 5.50. The fourth-order valence-corrected chi connectivity index (χ4v) is 2.05. The minimum absolute atomic E-state index is 0.0574. The maximum Gasteiger partial charge on any atom is 0.376 e. The van der Waals surface area contributed by atoms with Crippen LogP contribution in [0.25, 0.3) is 11.5 Å². The molecule has 0 aliphatic heterocycles. The van der Waals surface area contributed by atoms with E-state index >= 15 is 0 Å². The van der Waals surface area contributed by atoms with Crippen molar-refractivity contribution in [3.8, 4) is 11.5 Å². The summed E-state index contributed by atoms with van der Waals surface area (Å²) in [5, 5.41) is 0. The monoisotopic (exact) mass is 279 g/mol. The summed E-state index contributed by atoms with van der Waals surface area (Å²) in [4.78, 5) is 16.0. The third kappa shape index (κ3) is 2.34. The molecule has 2 aromatic rings. The van der Waals surface area contributed by atoms with E-state index in [-0.39, 0.29) is 12.4 Å². The van der Waals surface area contributed by atoms with Crippen LogP contribution in [0.1, 0.15) is 33.3 Å². The summed E-state index contributed by atoms with van der Waals surface area (Å²) in [7, 11) is 2.81. The Kier molecular flexibility index (Phi) is 3.94. The Morgan fingerprint density at radius 2 is 1.85 bits per heavy atom. The first-order valence-electron chi connectivity index (χ1n) is 6.13. The number of hydrogen-bond acceptors (Lipinski definition) is 6. The van der Waals surface area contributed by atoms with Crippen LogP contribution in [0.5, 0.6) is 0 Å². The number of aryl methyl sites for hydroxylation is 2. The lowest BCUT2D eigenvalue weighted by Crippen LogP contribution is -2.04. The van der Waals surface area contributed by atoms with Gasteiger partial charge in [0.1, 0.15) is 17.2 Å². The fraction of sp³-hybridized carbons (Fsp3) is 0.429. The van der Waals surface area contributed by atoms with E-state index in [1.807, 2.05) is 20.8 Å². The first kappa shape index (κ1) is 14.3. The highest BCUT2D eigenvalue weighted by molar-refractivity contribution is 5.88. The van der Waals surface area contributed by atoms with Crippen molar-refractivity contribution < 1.29 is 23.1 Å². The van der Waals surface area contributed by atoms with Crippen molar-refractivity contribution in [3.05, 3.63) is 28.5 Å². The van der Waals surface area contributed by atoms with Crippen molar-refractivity contribution in [1.82, 2.24) is 4.98 Å². The first-order chi connectivity index (χ1) is 9.49. The predicted octanol–water partition coefficient (Wildman–Crippen LogP) is 2.79. The highest BCUT2D eigenvalue weighted by Crippen LogP contribution is 2.32. The molecule has 0 saturated carbocycles. The van der Waals surface area contributed by atoms with Crippen LogP contribution in [0, 0.1) is 20.8 Å². The number of aromatic nitrogens is 1. The second-order valence-electron chi connectivity index (χ2n) is 4.43. The summed E-state index contributed by atoms with van der Waals surface area (Å²) in [6.07, 6.45) is 0. The molecule has 2 rings (SSSR count). The van der Waals surface area contributed by atoms with Gasteiger partial charge in [0.15, 0.2) is 0 Å². The lowest BCUT2D eigenvalue weighted by atomic mass is 10.1. The van der Waals surface area contributed by atoms with Crippen LogP contribution in [0.3, 0.4) is 0 Å². The van der Waals surface area contributed by atoms with Gasteiger partial charge in [-0.25, -0.2) is 9.78 Å². The Bertz CT molecular complexity index is 638.